The molecule has 2 N–H and O–H groups in total. The van der Waals surface area contributed by atoms with Gasteiger partial charge in [0, 0.05) is 20.9 Å². The predicted octanol–water partition coefficient (Wildman–Crippen LogP) is 3.34. The van der Waals surface area contributed by atoms with E-state index in [1.165, 1.54) is 4.57 Å². The van der Waals surface area contributed by atoms with Crippen molar-refractivity contribution in [1.29, 1.82) is 0 Å². The fourth-order valence-electron chi connectivity index (χ4n) is 1.86. The predicted molar refractivity (Wildman–Crippen MR) is 81.0 cm³/mol. The Kier molecular flexibility index (Phi) is 4.48. The van der Waals surface area contributed by atoms with Crippen molar-refractivity contribution in [3.8, 4) is 0 Å². The smallest absolute Gasteiger partial charge is 0.383 e. The highest BCUT2D eigenvalue weighted by Gasteiger charge is 2.35. The van der Waals surface area contributed by atoms with Crippen LogP contribution in [-0.2, 0) is 17.6 Å². The van der Waals surface area contributed by atoms with Gasteiger partial charge in [0.05, 0.1) is 5.39 Å². The molecule has 0 amide bonds. The first kappa shape index (κ1) is 16.8. The fraction of sp³-hybridized carbons (Fsp3) is 0.538. The van der Waals surface area contributed by atoms with E-state index in [9.17, 15) is 13.2 Å². The number of aromatic nitrogens is 3. The summed E-state index contributed by atoms with van der Waals surface area (Å²) in [6.07, 6.45) is -3.03. The van der Waals surface area contributed by atoms with Gasteiger partial charge < -0.3 is 15.0 Å². The van der Waals surface area contributed by atoms with E-state index in [1.807, 2.05) is 0 Å². The van der Waals surface area contributed by atoms with E-state index >= 15 is 0 Å². The molecule has 5 nitrogen and oxygen atoms in total. The Labute approximate surface area is 127 Å². The van der Waals surface area contributed by atoms with E-state index in [0.717, 1.165) is 6.04 Å². The van der Waals surface area contributed by atoms with Crippen molar-refractivity contribution >= 4 is 24.9 Å². The largest absolute Gasteiger partial charge is 0.451 e. The van der Waals surface area contributed by atoms with Gasteiger partial charge in [-0.15, -0.1) is 0 Å². The van der Waals surface area contributed by atoms with Crippen LogP contribution in [0.25, 0.3) is 11.0 Å². The van der Waals surface area contributed by atoms with Crippen molar-refractivity contribution in [2.24, 2.45) is 0 Å². The zero-order valence-electron chi connectivity index (χ0n) is 12.7. The molecule has 2 heterocycles. The molecule has 0 fully saturated rings. The molecule has 2 rings (SSSR count). The SMILES string of the molecule is C[Si](C)(C)CCOCn1ccc2c(N)nc(C(F)(F)F)nc21. The first-order valence-corrected chi connectivity index (χ1v) is 10.6. The Hall–Kier alpha value is -1.61. The molecule has 0 unspecified atom stereocenters. The monoisotopic (exact) mass is 332 g/mol. The van der Waals surface area contributed by atoms with Gasteiger partial charge in [-0.3, -0.25) is 0 Å². The molecule has 0 saturated heterocycles. The van der Waals surface area contributed by atoms with E-state index in [4.69, 9.17) is 10.5 Å². The summed E-state index contributed by atoms with van der Waals surface area (Å²) in [5.74, 6) is -1.42. The van der Waals surface area contributed by atoms with Crippen molar-refractivity contribution in [3.05, 3.63) is 18.1 Å². The van der Waals surface area contributed by atoms with Crippen LogP contribution in [0.2, 0.25) is 25.7 Å². The van der Waals surface area contributed by atoms with Gasteiger partial charge in [-0.25, -0.2) is 9.97 Å². The third-order valence-electron chi connectivity index (χ3n) is 3.13. The van der Waals surface area contributed by atoms with Gasteiger partial charge in [-0.1, -0.05) is 19.6 Å². The highest BCUT2D eigenvalue weighted by molar-refractivity contribution is 6.76. The number of rotatable bonds is 5. The van der Waals surface area contributed by atoms with Crippen LogP contribution in [0.3, 0.4) is 0 Å². The molecule has 0 bridgehead atoms. The molecule has 22 heavy (non-hydrogen) atoms. The molecule has 0 atom stereocenters. The van der Waals surface area contributed by atoms with E-state index in [1.54, 1.807) is 12.3 Å². The zero-order chi connectivity index (χ0) is 16.5. The lowest BCUT2D eigenvalue weighted by Crippen LogP contribution is -2.22. The normalized spacial score (nSPS) is 13.0. The molecule has 0 spiro atoms. The molecule has 9 heteroatoms. The third kappa shape index (κ3) is 3.98. The molecule has 0 saturated carbocycles. The van der Waals surface area contributed by atoms with Crippen LogP contribution in [0.5, 0.6) is 0 Å². The Morgan fingerprint density at radius 2 is 1.95 bits per heavy atom. The second-order valence-electron chi connectivity index (χ2n) is 6.30. The summed E-state index contributed by atoms with van der Waals surface area (Å²) in [6.45, 7) is 7.39. The molecule has 0 aliphatic carbocycles. The molecule has 122 valence electrons. The summed E-state index contributed by atoms with van der Waals surface area (Å²) < 4.78 is 45.3. The van der Waals surface area contributed by atoms with Crippen molar-refractivity contribution < 1.29 is 17.9 Å². The Bertz CT molecular complexity index is 664. The number of hydrogen-bond donors (Lipinski definition) is 1. The van der Waals surface area contributed by atoms with Crippen LogP contribution in [0.15, 0.2) is 12.3 Å². The number of nitrogens with two attached hydrogens (primary N) is 1. The lowest BCUT2D eigenvalue weighted by molar-refractivity contribution is -0.144. The minimum atomic E-state index is -4.63. The van der Waals surface area contributed by atoms with Crippen molar-refractivity contribution in [1.82, 2.24) is 14.5 Å². The number of ether oxygens (including phenoxy) is 1. The van der Waals surface area contributed by atoms with Crippen LogP contribution in [0.4, 0.5) is 19.0 Å². The molecule has 0 aliphatic heterocycles. The first-order chi connectivity index (χ1) is 10.1. The highest BCUT2D eigenvalue weighted by atomic mass is 28.3. The van der Waals surface area contributed by atoms with Crippen molar-refractivity contribution in [2.75, 3.05) is 12.3 Å². The van der Waals surface area contributed by atoms with E-state index in [0.29, 0.717) is 12.0 Å². The van der Waals surface area contributed by atoms with Gasteiger partial charge in [0.2, 0.25) is 5.82 Å². The number of anilines is 1. The van der Waals surface area contributed by atoms with Gasteiger partial charge in [-0.2, -0.15) is 13.2 Å². The lowest BCUT2D eigenvalue weighted by atomic mass is 10.3. The maximum Gasteiger partial charge on any atom is 0.451 e. The molecule has 2 aromatic heterocycles. The second kappa shape index (κ2) is 5.88. The van der Waals surface area contributed by atoms with Crippen LogP contribution in [-0.4, -0.2) is 29.2 Å². The standard InChI is InChI=1S/C13H19F3N4OSi/c1-22(2,3)7-6-21-8-20-5-4-9-10(17)18-12(13(14,15)16)19-11(9)20/h4-5H,6-8H2,1-3H3,(H2,17,18,19). The molecular formula is C13H19F3N4OSi. The summed E-state index contributed by atoms with van der Waals surface area (Å²) in [5, 5.41) is 0.391. The maximum absolute atomic E-state index is 12.8. The number of nitrogens with zero attached hydrogens (tertiary/aromatic N) is 3. The molecule has 0 aromatic carbocycles. The second-order valence-corrected chi connectivity index (χ2v) is 11.9. The van der Waals surface area contributed by atoms with Crippen LogP contribution < -0.4 is 5.73 Å². The zero-order valence-corrected chi connectivity index (χ0v) is 13.7. The fourth-order valence-corrected chi connectivity index (χ4v) is 2.62. The van der Waals surface area contributed by atoms with E-state index in [-0.39, 0.29) is 18.2 Å². The van der Waals surface area contributed by atoms with Crippen molar-refractivity contribution in [2.45, 2.75) is 38.6 Å². The topological polar surface area (TPSA) is 66.0 Å². The molecule has 0 radical (unpaired) electrons. The Morgan fingerprint density at radius 3 is 2.55 bits per heavy atom. The minimum Gasteiger partial charge on any atom is -0.383 e. The number of fused-ring (bicyclic) bond motifs is 1. The van der Waals surface area contributed by atoms with Gasteiger partial charge in [0.15, 0.2) is 0 Å². The van der Waals surface area contributed by atoms with Crippen LogP contribution in [0, 0.1) is 0 Å². The number of halogens is 3. The van der Waals surface area contributed by atoms with Crippen molar-refractivity contribution in [3.63, 3.8) is 0 Å². The summed E-state index contributed by atoms with van der Waals surface area (Å²) in [6, 6.07) is 2.57. The van der Waals surface area contributed by atoms with Crippen LogP contribution >= 0.6 is 0 Å². The summed E-state index contributed by atoms with van der Waals surface area (Å²) >= 11 is 0. The summed E-state index contributed by atoms with van der Waals surface area (Å²) in [4.78, 5) is 6.88. The summed E-state index contributed by atoms with van der Waals surface area (Å²) in [7, 11) is -1.20. The molecular weight excluding hydrogens is 313 g/mol. The maximum atomic E-state index is 12.8. The number of alkyl halides is 3. The average molecular weight is 332 g/mol. The summed E-state index contributed by atoms with van der Waals surface area (Å²) in [5.41, 5.74) is 5.71. The van der Waals surface area contributed by atoms with Gasteiger partial charge in [0.25, 0.3) is 0 Å². The minimum absolute atomic E-state index is 0.132. The van der Waals surface area contributed by atoms with E-state index in [2.05, 4.69) is 29.6 Å². The van der Waals surface area contributed by atoms with Crippen LogP contribution in [0.1, 0.15) is 5.82 Å². The average Bonchev–Trinajstić information content (AvgIpc) is 2.76. The lowest BCUT2D eigenvalue weighted by Gasteiger charge is -2.15. The van der Waals surface area contributed by atoms with Gasteiger partial charge >= 0.3 is 6.18 Å². The Balaban J connectivity index is 2.19. The first-order valence-electron chi connectivity index (χ1n) is 6.85. The van der Waals surface area contributed by atoms with Gasteiger partial charge in [-0.05, 0) is 12.1 Å². The Morgan fingerprint density at radius 1 is 1.27 bits per heavy atom. The van der Waals surface area contributed by atoms with Gasteiger partial charge in [0.1, 0.15) is 18.2 Å². The highest BCUT2D eigenvalue weighted by Crippen LogP contribution is 2.29. The molecule has 2 aromatic rings. The number of hydrogen-bond acceptors (Lipinski definition) is 4. The molecule has 0 aliphatic rings. The third-order valence-corrected chi connectivity index (χ3v) is 4.83. The van der Waals surface area contributed by atoms with E-state index < -0.39 is 20.1 Å². The number of nitrogen functional groups attached to an aromatic ring is 1. The quantitative estimate of drug-likeness (QED) is 0.673.